The highest BCUT2D eigenvalue weighted by molar-refractivity contribution is 5.85. The van der Waals surface area contributed by atoms with Crippen molar-refractivity contribution in [2.24, 2.45) is 0 Å². The molecular formula is C12H12N4O4. The Hall–Kier alpha value is -2.90. The molecule has 0 fully saturated rings. The zero-order valence-corrected chi connectivity index (χ0v) is 10.4. The van der Waals surface area contributed by atoms with E-state index in [9.17, 15) is 9.59 Å². The second-order valence-electron chi connectivity index (χ2n) is 3.88. The summed E-state index contributed by atoms with van der Waals surface area (Å²) in [5.74, 6) is -1.09. The highest BCUT2D eigenvalue weighted by Crippen LogP contribution is 2.00. The monoisotopic (exact) mass is 276 g/mol. The number of nitrogens with zero attached hydrogens (tertiary/aromatic N) is 2. The average Bonchev–Trinajstić information content (AvgIpc) is 2.96. The van der Waals surface area contributed by atoms with Crippen molar-refractivity contribution < 1.29 is 19.2 Å². The Morgan fingerprint density at radius 1 is 1.20 bits per heavy atom. The lowest BCUT2D eigenvalue weighted by molar-refractivity contribution is 0.0690. The Bertz CT molecular complexity index is 580. The summed E-state index contributed by atoms with van der Waals surface area (Å²) in [6, 6.07) is 4.26. The summed E-state index contributed by atoms with van der Waals surface area (Å²) >= 11 is 0. The van der Waals surface area contributed by atoms with Crippen molar-refractivity contribution in [3.63, 3.8) is 0 Å². The summed E-state index contributed by atoms with van der Waals surface area (Å²) in [6.45, 7) is 0.510. The Kier molecular flexibility index (Phi) is 4.28. The van der Waals surface area contributed by atoms with Gasteiger partial charge >= 0.3 is 12.0 Å². The first-order chi connectivity index (χ1) is 9.65. The minimum absolute atomic E-state index is 0.0377. The van der Waals surface area contributed by atoms with E-state index >= 15 is 0 Å². The van der Waals surface area contributed by atoms with Gasteiger partial charge in [0.1, 0.15) is 17.7 Å². The van der Waals surface area contributed by atoms with E-state index in [1.807, 2.05) is 0 Å². The van der Waals surface area contributed by atoms with E-state index in [4.69, 9.17) is 5.11 Å². The van der Waals surface area contributed by atoms with Crippen molar-refractivity contribution in [1.29, 1.82) is 0 Å². The third-order valence-corrected chi connectivity index (χ3v) is 2.42. The van der Waals surface area contributed by atoms with Gasteiger partial charge < -0.3 is 20.3 Å². The number of hydrogen-bond donors (Lipinski definition) is 3. The molecule has 0 atom stereocenters. The van der Waals surface area contributed by atoms with Gasteiger partial charge in [0.15, 0.2) is 0 Å². The summed E-state index contributed by atoms with van der Waals surface area (Å²) in [6.07, 6.45) is 2.83. The number of carboxylic acid groups (broad SMARTS) is 1. The fraction of sp³-hybridized carbons (Fsp3) is 0.167. The van der Waals surface area contributed by atoms with E-state index in [0.29, 0.717) is 11.3 Å². The molecule has 0 aliphatic carbocycles. The number of nitrogens with one attached hydrogen (secondary N) is 2. The van der Waals surface area contributed by atoms with Crippen LogP contribution in [0.3, 0.4) is 0 Å². The summed E-state index contributed by atoms with van der Waals surface area (Å²) in [5.41, 5.74) is 1.28. The SMILES string of the molecule is O=C(NCc1ccc(C(=O)O)nc1)NCc1ccon1. The first-order valence-electron chi connectivity index (χ1n) is 5.74. The standard InChI is InChI=1S/C12H12N4O4/c17-11(18)10-2-1-8(5-13-10)6-14-12(19)15-7-9-3-4-20-16-9/h1-5H,6-7H2,(H,17,18)(H2,14,15,19). The number of urea groups is 1. The third kappa shape index (κ3) is 3.80. The van der Waals surface area contributed by atoms with Gasteiger partial charge in [0.2, 0.25) is 0 Å². The van der Waals surface area contributed by atoms with Crippen molar-refractivity contribution in [3.8, 4) is 0 Å². The normalized spacial score (nSPS) is 10.0. The molecule has 8 nitrogen and oxygen atoms in total. The maximum Gasteiger partial charge on any atom is 0.354 e. The second-order valence-corrected chi connectivity index (χ2v) is 3.88. The number of pyridine rings is 1. The molecular weight excluding hydrogens is 264 g/mol. The second kappa shape index (κ2) is 6.32. The van der Waals surface area contributed by atoms with Gasteiger partial charge in [-0.25, -0.2) is 14.6 Å². The van der Waals surface area contributed by atoms with Gasteiger partial charge in [-0.2, -0.15) is 0 Å². The summed E-state index contributed by atoms with van der Waals surface area (Å²) in [5, 5.41) is 17.6. The molecule has 0 aromatic carbocycles. The highest BCUT2D eigenvalue weighted by atomic mass is 16.5. The van der Waals surface area contributed by atoms with Gasteiger partial charge in [0, 0.05) is 18.8 Å². The van der Waals surface area contributed by atoms with Crippen LogP contribution in [0, 0.1) is 0 Å². The average molecular weight is 276 g/mol. The lowest BCUT2D eigenvalue weighted by Crippen LogP contribution is -2.34. The van der Waals surface area contributed by atoms with E-state index in [1.54, 1.807) is 12.1 Å². The van der Waals surface area contributed by atoms with Crippen LogP contribution >= 0.6 is 0 Å². The first kappa shape index (κ1) is 13.5. The molecule has 3 N–H and O–H groups in total. The molecule has 0 saturated heterocycles. The number of aromatic carboxylic acids is 1. The zero-order chi connectivity index (χ0) is 14.4. The van der Waals surface area contributed by atoms with E-state index in [0.717, 1.165) is 0 Å². The Morgan fingerprint density at radius 3 is 2.60 bits per heavy atom. The minimum atomic E-state index is -1.09. The molecule has 2 amide bonds. The number of aromatic nitrogens is 2. The van der Waals surface area contributed by atoms with E-state index < -0.39 is 5.97 Å². The van der Waals surface area contributed by atoms with Crippen LogP contribution in [0.15, 0.2) is 35.2 Å². The quantitative estimate of drug-likeness (QED) is 0.742. The molecule has 8 heteroatoms. The van der Waals surface area contributed by atoms with Gasteiger partial charge in [0.25, 0.3) is 0 Å². The smallest absolute Gasteiger partial charge is 0.354 e. The molecule has 20 heavy (non-hydrogen) atoms. The Labute approximate surface area is 113 Å². The van der Waals surface area contributed by atoms with Gasteiger partial charge in [-0.05, 0) is 11.6 Å². The van der Waals surface area contributed by atoms with Crippen molar-refractivity contribution >= 4 is 12.0 Å². The van der Waals surface area contributed by atoms with Crippen LogP contribution in [0.5, 0.6) is 0 Å². The van der Waals surface area contributed by atoms with Crippen LogP contribution in [0.25, 0.3) is 0 Å². The Balaban J connectivity index is 1.76. The fourth-order valence-electron chi connectivity index (χ4n) is 1.40. The first-order valence-corrected chi connectivity index (χ1v) is 5.74. The molecule has 0 aliphatic rings. The molecule has 0 radical (unpaired) electrons. The number of amides is 2. The fourth-order valence-corrected chi connectivity index (χ4v) is 1.40. The number of carbonyl (C=O) groups is 2. The lowest BCUT2D eigenvalue weighted by Gasteiger charge is -2.06. The van der Waals surface area contributed by atoms with Crippen LogP contribution in [0.1, 0.15) is 21.7 Å². The molecule has 2 heterocycles. The number of carbonyl (C=O) groups excluding carboxylic acids is 1. The van der Waals surface area contributed by atoms with Gasteiger partial charge in [-0.15, -0.1) is 0 Å². The number of hydrogen-bond acceptors (Lipinski definition) is 5. The van der Waals surface area contributed by atoms with Crippen molar-refractivity contribution in [2.45, 2.75) is 13.1 Å². The van der Waals surface area contributed by atoms with Gasteiger partial charge in [0.05, 0.1) is 6.54 Å². The third-order valence-electron chi connectivity index (χ3n) is 2.42. The maximum absolute atomic E-state index is 11.5. The van der Waals surface area contributed by atoms with Crippen LogP contribution in [-0.4, -0.2) is 27.2 Å². The molecule has 0 saturated carbocycles. The molecule has 2 aromatic heterocycles. The minimum Gasteiger partial charge on any atom is -0.477 e. The number of carboxylic acids is 1. The van der Waals surface area contributed by atoms with E-state index in [2.05, 4.69) is 25.3 Å². The van der Waals surface area contributed by atoms with Crippen LogP contribution in [0.4, 0.5) is 4.79 Å². The topological polar surface area (TPSA) is 117 Å². The molecule has 2 rings (SSSR count). The summed E-state index contributed by atoms with van der Waals surface area (Å²) in [4.78, 5) is 25.9. The lowest BCUT2D eigenvalue weighted by atomic mass is 10.2. The van der Waals surface area contributed by atoms with Crippen LogP contribution < -0.4 is 10.6 Å². The molecule has 104 valence electrons. The van der Waals surface area contributed by atoms with Crippen molar-refractivity contribution in [1.82, 2.24) is 20.8 Å². The largest absolute Gasteiger partial charge is 0.477 e. The molecule has 0 aliphatic heterocycles. The van der Waals surface area contributed by atoms with Crippen LogP contribution in [0.2, 0.25) is 0 Å². The van der Waals surface area contributed by atoms with Crippen molar-refractivity contribution in [3.05, 3.63) is 47.6 Å². The van der Waals surface area contributed by atoms with E-state index in [-0.39, 0.29) is 24.8 Å². The summed E-state index contributed by atoms with van der Waals surface area (Å²) in [7, 11) is 0. The number of rotatable bonds is 5. The Morgan fingerprint density at radius 2 is 2.00 bits per heavy atom. The molecule has 0 unspecified atom stereocenters. The van der Waals surface area contributed by atoms with E-state index in [1.165, 1.54) is 18.5 Å². The molecule has 2 aromatic rings. The van der Waals surface area contributed by atoms with Crippen molar-refractivity contribution in [2.75, 3.05) is 0 Å². The molecule has 0 spiro atoms. The predicted octanol–water partition coefficient (Wildman–Crippen LogP) is 0.767. The van der Waals surface area contributed by atoms with Crippen LogP contribution in [-0.2, 0) is 13.1 Å². The summed E-state index contributed by atoms with van der Waals surface area (Å²) < 4.78 is 4.63. The van der Waals surface area contributed by atoms with Gasteiger partial charge in [-0.3, -0.25) is 0 Å². The zero-order valence-electron chi connectivity index (χ0n) is 10.4. The van der Waals surface area contributed by atoms with Gasteiger partial charge in [-0.1, -0.05) is 11.2 Å². The molecule has 0 bridgehead atoms. The highest BCUT2D eigenvalue weighted by Gasteiger charge is 2.05. The predicted molar refractivity (Wildman–Crippen MR) is 66.8 cm³/mol. The maximum atomic E-state index is 11.5.